The molecule has 2 aliphatic rings. The number of aromatic nitrogens is 8. The van der Waals surface area contributed by atoms with Gasteiger partial charge in [0.1, 0.15) is 23.9 Å². The second kappa shape index (κ2) is 16.0. The largest absolute Gasteiger partial charge is 0.485 e. The van der Waals surface area contributed by atoms with E-state index in [-0.39, 0.29) is 59.2 Å². The van der Waals surface area contributed by atoms with E-state index >= 15 is 4.39 Å². The van der Waals surface area contributed by atoms with Gasteiger partial charge in [-0.1, -0.05) is 0 Å². The number of fused-ring (bicyclic) bond motifs is 2. The number of sulfonamides is 1. The molecule has 8 rings (SSSR count). The molecule has 2 fully saturated rings. The van der Waals surface area contributed by atoms with Crippen LogP contribution in [0.25, 0.3) is 27.9 Å². The fraction of sp³-hybridized carbons (Fsp3) is 0.425. The topological polar surface area (TPSA) is 210 Å². The van der Waals surface area contributed by atoms with Crippen molar-refractivity contribution < 1.29 is 27.1 Å². The zero-order valence-electron chi connectivity index (χ0n) is 34.7. The maximum atomic E-state index is 15.5. The molecule has 2 saturated heterocycles. The Balaban J connectivity index is 0.889. The van der Waals surface area contributed by atoms with Crippen LogP contribution >= 0.6 is 0 Å². The number of halogens is 1. The SMILES string of the molecule is CC(C)Oc1c(-c2cn[nH]c2)ncn2nc(Nc3ccc(S(=O)(=O)N(C)CCCN4CCN(c5ccc6c(c5)n(C)c(=O)n6C5CCC(=O)NC5=O)CC4(C)C)cc3F)nc12. The summed E-state index contributed by atoms with van der Waals surface area (Å²) in [5.41, 5.74) is 3.20. The lowest BCUT2D eigenvalue weighted by atomic mass is 9.97. The number of imidazole rings is 1. The Kier molecular flexibility index (Phi) is 10.9. The van der Waals surface area contributed by atoms with E-state index in [1.807, 2.05) is 32.0 Å². The minimum atomic E-state index is -4.02. The first kappa shape index (κ1) is 41.5. The zero-order valence-corrected chi connectivity index (χ0v) is 35.5. The van der Waals surface area contributed by atoms with Gasteiger partial charge < -0.3 is 15.0 Å². The lowest BCUT2D eigenvalue weighted by molar-refractivity contribution is -0.135. The number of nitrogens with one attached hydrogen (secondary N) is 3. The van der Waals surface area contributed by atoms with E-state index in [1.165, 1.54) is 43.5 Å². The van der Waals surface area contributed by atoms with Crippen LogP contribution in [0.3, 0.4) is 0 Å². The number of rotatable bonds is 13. The van der Waals surface area contributed by atoms with E-state index in [1.54, 1.807) is 19.4 Å². The van der Waals surface area contributed by atoms with Gasteiger partial charge in [-0.3, -0.25) is 34.0 Å². The molecular formula is C40H48FN13O6S. The van der Waals surface area contributed by atoms with Crippen molar-refractivity contribution in [1.82, 2.24) is 53.4 Å². The van der Waals surface area contributed by atoms with Gasteiger partial charge in [-0.25, -0.2) is 26.9 Å². The first-order valence-corrected chi connectivity index (χ1v) is 21.4. The predicted octanol–water partition coefficient (Wildman–Crippen LogP) is 3.43. The van der Waals surface area contributed by atoms with E-state index < -0.39 is 27.8 Å². The molecule has 21 heteroatoms. The maximum absolute atomic E-state index is 15.5. The molecule has 322 valence electrons. The Hall–Kier alpha value is -6.19. The number of hydrogen-bond donors (Lipinski definition) is 3. The molecule has 19 nitrogen and oxygen atoms in total. The maximum Gasteiger partial charge on any atom is 0.329 e. The van der Waals surface area contributed by atoms with E-state index in [9.17, 15) is 22.8 Å². The van der Waals surface area contributed by atoms with Crippen molar-refractivity contribution in [2.24, 2.45) is 7.05 Å². The molecule has 6 heterocycles. The normalized spacial score (nSPS) is 17.5. The smallest absolute Gasteiger partial charge is 0.329 e. The van der Waals surface area contributed by atoms with Crippen LogP contribution in [0.4, 0.5) is 21.7 Å². The summed E-state index contributed by atoms with van der Waals surface area (Å²) >= 11 is 0. The number of ether oxygens (including phenoxy) is 1. The van der Waals surface area contributed by atoms with Crippen LogP contribution in [0.5, 0.6) is 5.75 Å². The summed E-state index contributed by atoms with van der Waals surface area (Å²) in [4.78, 5) is 51.1. The van der Waals surface area contributed by atoms with Gasteiger partial charge in [-0.05, 0) is 76.9 Å². The van der Waals surface area contributed by atoms with Crippen molar-refractivity contribution in [2.45, 2.75) is 69.5 Å². The number of benzene rings is 2. The Labute approximate surface area is 350 Å². The first-order valence-electron chi connectivity index (χ1n) is 20.0. The van der Waals surface area contributed by atoms with Crippen molar-refractivity contribution in [3.63, 3.8) is 0 Å². The number of piperidine rings is 1. The summed E-state index contributed by atoms with van der Waals surface area (Å²) in [6.07, 6.45) is 5.53. The number of imide groups is 1. The molecule has 2 aromatic carbocycles. The number of aryl methyl sites for hydroxylation is 1. The molecule has 0 saturated carbocycles. The molecule has 1 unspecified atom stereocenters. The van der Waals surface area contributed by atoms with Crippen molar-refractivity contribution in [3.05, 3.63) is 71.4 Å². The minimum absolute atomic E-state index is 0.0113. The summed E-state index contributed by atoms with van der Waals surface area (Å²) in [6.45, 7) is 11.0. The minimum Gasteiger partial charge on any atom is -0.485 e. The molecular weight excluding hydrogens is 810 g/mol. The third-order valence-corrected chi connectivity index (χ3v) is 13.2. The van der Waals surface area contributed by atoms with Crippen molar-refractivity contribution >= 4 is 55.8 Å². The van der Waals surface area contributed by atoms with Crippen LogP contribution in [0.1, 0.15) is 53.0 Å². The van der Waals surface area contributed by atoms with E-state index in [0.29, 0.717) is 66.3 Å². The van der Waals surface area contributed by atoms with Gasteiger partial charge in [-0.15, -0.1) is 5.10 Å². The van der Waals surface area contributed by atoms with Gasteiger partial charge in [0.05, 0.1) is 33.9 Å². The third kappa shape index (κ3) is 7.95. The van der Waals surface area contributed by atoms with Gasteiger partial charge in [0.25, 0.3) is 0 Å². The fourth-order valence-electron chi connectivity index (χ4n) is 8.08. The number of anilines is 3. The lowest BCUT2D eigenvalue weighted by Crippen LogP contribution is -2.59. The number of nitrogens with zero attached hydrogens (tertiary/aromatic N) is 10. The molecule has 61 heavy (non-hydrogen) atoms. The second-order valence-corrected chi connectivity index (χ2v) is 18.3. The number of piperazine rings is 1. The number of carbonyl (C=O) groups excluding carboxylic acids is 2. The zero-order chi connectivity index (χ0) is 43.4. The molecule has 4 aromatic heterocycles. The van der Waals surface area contributed by atoms with Gasteiger partial charge in [-0.2, -0.15) is 14.6 Å². The highest BCUT2D eigenvalue weighted by molar-refractivity contribution is 7.89. The van der Waals surface area contributed by atoms with Crippen LogP contribution in [0.15, 0.2) is 64.8 Å². The highest BCUT2D eigenvalue weighted by atomic mass is 32.2. The van der Waals surface area contributed by atoms with Gasteiger partial charge in [0, 0.05) is 76.2 Å². The van der Waals surface area contributed by atoms with Gasteiger partial charge in [0.15, 0.2) is 5.75 Å². The molecule has 0 radical (unpaired) electrons. The van der Waals surface area contributed by atoms with Crippen LogP contribution < -0.4 is 26.0 Å². The lowest BCUT2D eigenvalue weighted by Gasteiger charge is -2.48. The molecule has 2 aliphatic heterocycles. The summed E-state index contributed by atoms with van der Waals surface area (Å²) < 4.78 is 54.4. The molecule has 0 spiro atoms. The number of amides is 2. The fourth-order valence-corrected chi connectivity index (χ4v) is 9.31. The quantitative estimate of drug-likeness (QED) is 0.143. The Morgan fingerprint density at radius 1 is 1.10 bits per heavy atom. The Bertz CT molecular complexity index is 2820. The first-order chi connectivity index (χ1) is 29.0. The number of carbonyl (C=O) groups is 2. The van der Waals surface area contributed by atoms with Gasteiger partial charge >= 0.3 is 5.69 Å². The molecule has 6 aromatic rings. The molecule has 0 bridgehead atoms. The molecule has 2 amide bonds. The van der Waals surface area contributed by atoms with E-state index in [0.717, 1.165) is 11.8 Å². The summed E-state index contributed by atoms with van der Waals surface area (Å²) in [5.74, 6) is -1.17. The van der Waals surface area contributed by atoms with Crippen LogP contribution in [-0.2, 0) is 26.7 Å². The van der Waals surface area contributed by atoms with Gasteiger partial charge in [0.2, 0.25) is 33.4 Å². The van der Waals surface area contributed by atoms with E-state index in [2.05, 4.69) is 59.5 Å². The highest BCUT2D eigenvalue weighted by Crippen LogP contribution is 2.34. The summed E-state index contributed by atoms with van der Waals surface area (Å²) in [7, 11) is -0.853. The molecule has 0 aliphatic carbocycles. The van der Waals surface area contributed by atoms with Crippen molar-refractivity contribution in [3.8, 4) is 17.0 Å². The number of H-pyrrole nitrogens is 1. The average molecular weight is 858 g/mol. The Morgan fingerprint density at radius 3 is 2.61 bits per heavy atom. The third-order valence-electron chi connectivity index (χ3n) is 11.3. The molecule has 3 N–H and O–H groups in total. The number of aromatic amines is 1. The monoisotopic (exact) mass is 857 g/mol. The van der Waals surface area contributed by atoms with Crippen LogP contribution in [0.2, 0.25) is 0 Å². The summed E-state index contributed by atoms with van der Waals surface area (Å²) in [5, 5.41) is 16.3. The van der Waals surface area contributed by atoms with Crippen molar-refractivity contribution in [1.29, 1.82) is 0 Å². The van der Waals surface area contributed by atoms with E-state index in [4.69, 9.17) is 4.74 Å². The van der Waals surface area contributed by atoms with Crippen LogP contribution in [-0.4, -0.2) is 120 Å². The molecule has 1 atom stereocenters. The second-order valence-electron chi connectivity index (χ2n) is 16.3. The number of hydrogen-bond acceptors (Lipinski definition) is 13. The Morgan fingerprint density at radius 2 is 1.90 bits per heavy atom. The standard InChI is InChI=1S/C40H48FN13O6S/c1-24(2)60-35-34(25-20-43-44-21-25)42-23-53-36(35)47-38(48-53)45-29-10-9-27(19-28(29)41)61(58,59)49(5)14-7-15-52-17-16-51(22-40(52,3)4)26-8-11-30-32(18-26)50(6)39(57)54(30)31-12-13-33(55)46-37(31)56/h8-11,18-21,23-24,31H,7,12-17,22H2,1-6H3,(H,43,44)(H,45,48)(H,46,55,56). The van der Waals surface area contributed by atoms with Crippen LogP contribution in [0, 0.1) is 5.82 Å². The van der Waals surface area contributed by atoms with Crippen molar-refractivity contribution in [2.75, 3.05) is 50.0 Å². The predicted molar refractivity (Wildman–Crippen MR) is 225 cm³/mol. The summed E-state index contributed by atoms with van der Waals surface area (Å²) in [6, 6.07) is 8.69. The average Bonchev–Trinajstić information content (AvgIpc) is 3.95. The highest BCUT2D eigenvalue weighted by Gasteiger charge is 2.35.